The smallest absolute Gasteiger partial charge is 0.173 e. The lowest BCUT2D eigenvalue weighted by molar-refractivity contribution is 0.478. The van der Waals surface area contributed by atoms with Crippen molar-refractivity contribution in [2.24, 2.45) is 0 Å². The largest absolute Gasteiger partial charge is 0.506 e. The van der Waals surface area contributed by atoms with E-state index in [-0.39, 0.29) is 5.75 Å². The number of rotatable bonds is 3. The molecule has 2 N–H and O–H groups in total. The van der Waals surface area contributed by atoms with Crippen molar-refractivity contribution in [2.45, 2.75) is 0 Å². The van der Waals surface area contributed by atoms with Gasteiger partial charge in [-0.1, -0.05) is 35.9 Å². The third kappa shape index (κ3) is 2.68. The maximum absolute atomic E-state index is 10.0. The Bertz CT molecular complexity index is 1030. The Morgan fingerprint density at radius 1 is 0.958 bits per heavy atom. The summed E-state index contributed by atoms with van der Waals surface area (Å²) in [5.74, 6) is 1.35. The van der Waals surface area contributed by atoms with Gasteiger partial charge in [0.15, 0.2) is 5.82 Å². The Kier molecular flexibility index (Phi) is 3.80. The first-order valence-corrected chi connectivity index (χ1v) is 8.53. The van der Waals surface area contributed by atoms with E-state index in [1.807, 2.05) is 41.8 Å². The van der Waals surface area contributed by atoms with Crippen LogP contribution >= 0.6 is 22.9 Å². The summed E-state index contributed by atoms with van der Waals surface area (Å²) in [5.41, 5.74) is 1.40. The molecule has 0 fully saturated rings. The van der Waals surface area contributed by atoms with E-state index in [1.54, 1.807) is 18.2 Å². The molecule has 0 amide bonds. The van der Waals surface area contributed by atoms with Crippen LogP contribution in [0.3, 0.4) is 0 Å². The lowest BCUT2D eigenvalue weighted by Crippen LogP contribution is -1.99. The molecule has 0 atom stereocenters. The second-order valence-corrected chi connectivity index (χ2v) is 6.48. The summed E-state index contributed by atoms with van der Waals surface area (Å²) in [7, 11) is 0. The van der Waals surface area contributed by atoms with Gasteiger partial charge in [0.2, 0.25) is 0 Å². The molecule has 0 saturated heterocycles. The molecule has 0 saturated carbocycles. The zero-order valence-corrected chi connectivity index (χ0v) is 14.0. The van der Waals surface area contributed by atoms with Gasteiger partial charge in [0.1, 0.15) is 11.6 Å². The molecule has 24 heavy (non-hydrogen) atoms. The number of nitrogens with zero attached hydrogens (tertiary/aromatic N) is 2. The predicted octanol–water partition coefficient (Wildman–Crippen LogP) is 5.46. The molecule has 0 unspecified atom stereocenters. The quantitative estimate of drug-likeness (QED) is 0.480. The molecule has 0 spiro atoms. The predicted molar refractivity (Wildman–Crippen MR) is 99.3 cm³/mol. The first kappa shape index (κ1) is 14.9. The molecule has 4 rings (SSSR count). The van der Waals surface area contributed by atoms with Crippen LogP contribution in [0.15, 0.2) is 60.0 Å². The molecule has 0 aliphatic heterocycles. The molecule has 0 aliphatic rings. The van der Waals surface area contributed by atoms with Gasteiger partial charge in [-0.25, -0.2) is 9.97 Å². The first-order chi connectivity index (χ1) is 11.7. The molecule has 0 radical (unpaired) electrons. The van der Waals surface area contributed by atoms with Crippen molar-refractivity contribution in [1.29, 1.82) is 0 Å². The lowest BCUT2D eigenvalue weighted by Gasteiger charge is -2.11. The fourth-order valence-electron chi connectivity index (χ4n) is 2.43. The van der Waals surface area contributed by atoms with Crippen molar-refractivity contribution >= 4 is 45.3 Å². The number of thiophene rings is 1. The van der Waals surface area contributed by atoms with E-state index < -0.39 is 0 Å². The van der Waals surface area contributed by atoms with Gasteiger partial charge in [-0.05, 0) is 35.7 Å². The third-order valence-corrected chi connectivity index (χ3v) is 4.92. The SMILES string of the molecule is Oc1ccccc1Nc1nc(-c2sccc2Cl)nc2ccccc12. The van der Waals surface area contributed by atoms with Gasteiger partial charge >= 0.3 is 0 Å². The average Bonchev–Trinajstić information content (AvgIpc) is 3.03. The van der Waals surface area contributed by atoms with Crippen molar-refractivity contribution in [3.05, 3.63) is 65.0 Å². The Morgan fingerprint density at radius 3 is 2.54 bits per heavy atom. The van der Waals surface area contributed by atoms with Gasteiger partial charge in [0, 0.05) is 5.39 Å². The van der Waals surface area contributed by atoms with E-state index in [4.69, 9.17) is 11.6 Å². The topological polar surface area (TPSA) is 58.0 Å². The summed E-state index contributed by atoms with van der Waals surface area (Å²) in [5, 5.41) is 16.6. The van der Waals surface area contributed by atoms with E-state index in [9.17, 15) is 5.11 Å². The molecule has 2 aromatic heterocycles. The van der Waals surface area contributed by atoms with E-state index in [0.717, 1.165) is 15.8 Å². The monoisotopic (exact) mass is 353 g/mol. The minimum atomic E-state index is 0.163. The highest BCUT2D eigenvalue weighted by Crippen LogP contribution is 2.35. The maximum Gasteiger partial charge on any atom is 0.173 e. The minimum Gasteiger partial charge on any atom is -0.506 e. The Morgan fingerprint density at radius 2 is 1.75 bits per heavy atom. The van der Waals surface area contributed by atoms with Crippen LogP contribution in [-0.4, -0.2) is 15.1 Å². The molecule has 0 aliphatic carbocycles. The standard InChI is InChI=1S/C18H12ClN3OS/c19-12-9-10-24-16(12)18-20-13-6-2-1-5-11(13)17(22-18)21-14-7-3-4-8-15(14)23/h1-10,23H,(H,20,21,22). The number of halogens is 1. The highest BCUT2D eigenvalue weighted by molar-refractivity contribution is 7.14. The number of benzene rings is 2. The number of nitrogens with one attached hydrogen (secondary N) is 1. The number of fused-ring (bicyclic) bond motifs is 1. The maximum atomic E-state index is 10.0. The zero-order valence-electron chi connectivity index (χ0n) is 12.4. The second-order valence-electron chi connectivity index (χ2n) is 5.15. The van der Waals surface area contributed by atoms with Crippen LogP contribution in [0, 0.1) is 0 Å². The fourth-order valence-corrected chi connectivity index (χ4v) is 3.51. The average molecular weight is 354 g/mol. The summed E-state index contributed by atoms with van der Waals surface area (Å²) in [6.07, 6.45) is 0. The van der Waals surface area contributed by atoms with E-state index in [1.165, 1.54) is 11.3 Å². The summed E-state index contributed by atoms with van der Waals surface area (Å²) in [6, 6.07) is 16.6. The van der Waals surface area contributed by atoms with Crippen LogP contribution < -0.4 is 5.32 Å². The molecule has 6 heteroatoms. The van der Waals surface area contributed by atoms with Crippen molar-refractivity contribution in [3.8, 4) is 16.5 Å². The molecular weight excluding hydrogens is 342 g/mol. The number of para-hydroxylation sites is 3. The number of hydrogen-bond acceptors (Lipinski definition) is 5. The van der Waals surface area contributed by atoms with Gasteiger partial charge in [-0.2, -0.15) is 0 Å². The minimum absolute atomic E-state index is 0.163. The van der Waals surface area contributed by atoms with Gasteiger partial charge in [0.05, 0.1) is 21.1 Å². The first-order valence-electron chi connectivity index (χ1n) is 7.27. The summed E-state index contributed by atoms with van der Waals surface area (Å²) >= 11 is 7.73. The van der Waals surface area contributed by atoms with Crippen LogP contribution in [0.5, 0.6) is 5.75 Å². The zero-order chi connectivity index (χ0) is 16.5. The molecule has 4 nitrogen and oxygen atoms in total. The molecule has 118 valence electrons. The van der Waals surface area contributed by atoms with Crippen LogP contribution in [-0.2, 0) is 0 Å². The normalized spacial score (nSPS) is 10.9. The fraction of sp³-hybridized carbons (Fsp3) is 0. The number of phenols is 1. The summed E-state index contributed by atoms with van der Waals surface area (Å²) in [4.78, 5) is 10.1. The summed E-state index contributed by atoms with van der Waals surface area (Å²) in [6.45, 7) is 0. The Labute approximate surface area is 147 Å². The number of aromatic nitrogens is 2. The van der Waals surface area contributed by atoms with Crippen LogP contribution in [0.2, 0.25) is 5.02 Å². The van der Waals surface area contributed by atoms with Crippen molar-refractivity contribution in [2.75, 3.05) is 5.32 Å². The number of aromatic hydroxyl groups is 1. The number of hydrogen-bond donors (Lipinski definition) is 2. The van der Waals surface area contributed by atoms with E-state index in [0.29, 0.717) is 22.4 Å². The van der Waals surface area contributed by atoms with Crippen LogP contribution in [0.4, 0.5) is 11.5 Å². The number of phenolic OH excluding ortho intramolecular Hbond substituents is 1. The van der Waals surface area contributed by atoms with Gasteiger partial charge < -0.3 is 10.4 Å². The molecule has 2 heterocycles. The van der Waals surface area contributed by atoms with Crippen LogP contribution in [0.1, 0.15) is 0 Å². The highest BCUT2D eigenvalue weighted by Gasteiger charge is 2.13. The van der Waals surface area contributed by atoms with Crippen LogP contribution in [0.25, 0.3) is 21.6 Å². The van der Waals surface area contributed by atoms with Crippen molar-refractivity contribution < 1.29 is 5.11 Å². The van der Waals surface area contributed by atoms with E-state index in [2.05, 4.69) is 15.3 Å². The Balaban J connectivity index is 1.90. The third-order valence-electron chi connectivity index (χ3n) is 3.58. The van der Waals surface area contributed by atoms with Crippen molar-refractivity contribution in [3.63, 3.8) is 0 Å². The van der Waals surface area contributed by atoms with Gasteiger partial charge in [-0.3, -0.25) is 0 Å². The summed E-state index contributed by atoms with van der Waals surface area (Å²) < 4.78 is 0. The second kappa shape index (κ2) is 6.11. The van der Waals surface area contributed by atoms with Gasteiger partial charge in [-0.15, -0.1) is 11.3 Å². The highest BCUT2D eigenvalue weighted by atomic mass is 35.5. The molecule has 4 aromatic rings. The van der Waals surface area contributed by atoms with Gasteiger partial charge in [0.25, 0.3) is 0 Å². The Hall–Kier alpha value is -2.63. The van der Waals surface area contributed by atoms with Crippen molar-refractivity contribution in [1.82, 2.24) is 9.97 Å². The van der Waals surface area contributed by atoms with E-state index >= 15 is 0 Å². The number of anilines is 2. The molecule has 0 bridgehead atoms. The molecule has 2 aromatic carbocycles. The lowest BCUT2D eigenvalue weighted by atomic mass is 10.2. The molecular formula is C18H12ClN3OS.